The van der Waals surface area contributed by atoms with Gasteiger partial charge in [-0.05, 0) is 26.8 Å². The number of non-ortho nitro benzene ring substituents is 1. The van der Waals surface area contributed by atoms with Gasteiger partial charge in [0.1, 0.15) is 5.75 Å². The molecule has 0 heterocycles. The van der Waals surface area contributed by atoms with Gasteiger partial charge in [0.05, 0.1) is 24.1 Å². The number of nitrogens with one attached hydrogen (secondary N) is 1. The van der Waals surface area contributed by atoms with Gasteiger partial charge >= 0.3 is 0 Å². The van der Waals surface area contributed by atoms with E-state index in [1.165, 1.54) is 24.1 Å². The number of nitrogens with zero attached hydrogens (tertiary/aromatic N) is 2. The Labute approximate surface area is 134 Å². The Morgan fingerprint density at radius 1 is 1.39 bits per heavy atom. The molecule has 2 amide bonds. The van der Waals surface area contributed by atoms with E-state index in [0.29, 0.717) is 0 Å². The van der Waals surface area contributed by atoms with Crippen LogP contribution in [0.15, 0.2) is 18.2 Å². The molecule has 0 spiro atoms. The van der Waals surface area contributed by atoms with Crippen molar-refractivity contribution in [2.75, 3.05) is 20.2 Å². The minimum Gasteiger partial charge on any atom is -0.496 e. The molecule has 23 heavy (non-hydrogen) atoms. The Balaban J connectivity index is 3.07. The van der Waals surface area contributed by atoms with Crippen LogP contribution < -0.4 is 10.1 Å². The number of carbonyl (C=O) groups is 2. The van der Waals surface area contributed by atoms with Gasteiger partial charge in [-0.25, -0.2) is 0 Å². The molecule has 0 unspecified atom stereocenters. The van der Waals surface area contributed by atoms with Crippen molar-refractivity contribution in [2.45, 2.75) is 26.8 Å². The predicted octanol–water partition coefficient (Wildman–Crippen LogP) is 1.59. The summed E-state index contributed by atoms with van der Waals surface area (Å²) < 4.78 is 5.09. The molecule has 0 aliphatic rings. The number of hydrogen-bond donors (Lipinski definition) is 1. The fourth-order valence-corrected chi connectivity index (χ4v) is 2.02. The Morgan fingerprint density at radius 3 is 2.52 bits per heavy atom. The van der Waals surface area contributed by atoms with Crippen LogP contribution >= 0.6 is 0 Å². The van der Waals surface area contributed by atoms with Crippen LogP contribution in [0.5, 0.6) is 5.75 Å². The van der Waals surface area contributed by atoms with Crippen LogP contribution in [0.2, 0.25) is 0 Å². The number of ether oxygens (including phenoxy) is 1. The third kappa shape index (κ3) is 4.94. The van der Waals surface area contributed by atoms with Crippen molar-refractivity contribution in [3.8, 4) is 5.75 Å². The maximum absolute atomic E-state index is 12.6. The van der Waals surface area contributed by atoms with Crippen LogP contribution in [0.1, 0.15) is 31.1 Å². The second-order valence-electron chi connectivity index (χ2n) is 5.18. The first kappa shape index (κ1) is 18.4. The average Bonchev–Trinajstić information content (AvgIpc) is 2.50. The molecule has 1 aromatic rings. The molecule has 0 bridgehead atoms. The summed E-state index contributed by atoms with van der Waals surface area (Å²) in [6.07, 6.45) is 0. The topological polar surface area (TPSA) is 102 Å². The zero-order valence-corrected chi connectivity index (χ0v) is 13.7. The Bertz CT molecular complexity index is 601. The molecule has 0 radical (unpaired) electrons. The van der Waals surface area contributed by atoms with Crippen molar-refractivity contribution in [3.05, 3.63) is 33.9 Å². The van der Waals surface area contributed by atoms with E-state index in [-0.39, 0.29) is 42.0 Å². The molecule has 1 rings (SSSR count). The van der Waals surface area contributed by atoms with E-state index in [1.807, 2.05) is 13.8 Å². The van der Waals surface area contributed by atoms with E-state index in [2.05, 4.69) is 5.32 Å². The molecule has 0 saturated heterocycles. The molecule has 1 N–H and O–H groups in total. The summed E-state index contributed by atoms with van der Waals surface area (Å²) in [4.78, 5) is 36.0. The van der Waals surface area contributed by atoms with Gasteiger partial charge in [0.25, 0.3) is 11.6 Å². The highest BCUT2D eigenvalue weighted by Crippen LogP contribution is 2.25. The molecular formula is C15H21N3O5. The van der Waals surface area contributed by atoms with Gasteiger partial charge in [-0.3, -0.25) is 19.7 Å². The van der Waals surface area contributed by atoms with Crippen LogP contribution in [-0.2, 0) is 4.79 Å². The molecule has 8 nitrogen and oxygen atoms in total. The van der Waals surface area contributed by atoms with Crippen molar-refractivity contribution in [2.24, 2.45) is 0 Å². The highest BCUT2D eigenvalue weighted by atomic mass is 16.6. The van der Waals surface area contributed by atoms with Gasteiger partial charge in [-0.2, -0.15) is 0 Å². The number of rotatable bonds is 7. The molecule has 8 heteroatoms. The number of nitro groups is 1. The second kappa shape index (κ2) is 8.11. The number of nitro benzene ring substituents is 1. The first-order valence-electron chi connectivity index (χ1n) is 7.21. The van der Waals surface area contributed by atoms with Gasteiger partial charge in [0, 0.05) is 24.7 Å². The van der Waals surface area contributed by atoms with Gasteiger partial charge < -0.3 is 15.0 Å². The number of carbonyl (C=O) groups excluding carboxylic acids is 2. The van der Waals surface area contributed by atoms with Gasteiger partial charge in [-0.15, -0.1) is 0 Å². The third-order valence-electron chi connectivity index (χ3n) is 3.08. The molecule has 0 fully saturated rings. The minimum absolute atomic E-state index is 0.0383. The van der Waals surface area contributed by atoms with E-state index in [9.17, 15) is 19.7 Å². The molecule has 0 saturated carbocycles. The third-order valence-corrected chi connectivity index (χ3v) is 3.08. The summed E-state index contributed by atoms with van der Waals surface area (Å²) in [5.41, 5.74) is -0.155. The highest BCUT2D eigenvalue weighted by Gasteiger charge is 2.23. The lowest BCUT2D eigenvalue weighted by molar-refractivity contribution is -0.384. The molecular weight excluding hydrogens is 302 g/mol. The summed E-state index contributed by atoms with van der Waals surface area (Å²) in [5.74, 6) is -0.560. The normalized spacial score (nSPS) is 10.3. The van der Waals surface area contributed by atoms with Crippen LogP contribution in [0.3, 0.4) is 0 Å². The summed E-state index contributed by atoms with van der Waals surface area (Å²) in [7, 11) is 1.37. The van der Waals surface area contributed by atoms with Crippen molar-refractivity contribution >= 4 is 17.5 Å². The lowest BCUT2D eigenvalue weighted by atomic mass is 10.1. The van der Waals surface area contributed by atoms with Gasteiger partial charge in [-0.1, -0.05) is 0 Å². The number of benzene rings is 1. The zero-order chi connectivity index (χ0) is 17.6. The number of methoxy groups -OCH3 is 1. The maximum Gasteiger partial charge on any atom is 0.270 e. The molecule has 0 aliphatic carbocycles. The fourth-order valence-electron chi connectivity index (χ4n) is 2.02. The van der Waals surface area contributed by atoms with Crippen LogP contribution in [-0.4, -0.2) is 47.9 Å². The van der Waals surface area contributed by atoms with Gasteiger partial charge in [0.15, 0.2) is 0 Å². The van der Waals surface area contributed by atoms with Crippen molar-refractivity contribution < 1.29 is 19.2 Å². The Kier molecular flexibility index (Phi) is 6.49. The summed E-state index contributed by atoms with van der Waals surface area (Å²) in [6.45, 7) is 5.53. The summed E-state index contributed by atoms with van der Waals surface area (Å²) in [5, 5.41) is 13.6. The van der Waals surface area contributed by atoms with E-state index in [1.54, 1.807) is 6.92 Å². The number of likely N-dealkylation sites (N-methyl/N-ethyl adjacent to an activating group) is 1. The quantitative estimate of drug-likeness (QED) is 0.606. The predicted molar refractivity (Wildman–Crippen MR) is 84.5 cm³/mol. The zero-order valence-electron chi connectivity index (χ0n) is 13.7. The van der Waals surface area contributed by atoms with Gasteiger partial charge in [0.2, 0.25) is 5.91 Å². The van der Waals surface area contributed by atoms with Crippen molar-refractivity contribution in [1.82, 2.24) is 10.2 Å². The fraction of sp³-hybridized carbons (Fsp3) is 0.467. The SMILES string of the molecule is CCN(CC(=O)NC(C)C)C(=O)c1cc([N+](=O)[O-])ccc1OC. The van der Waals surface area contributed by atoms with Crippen LogP contribution in [0.25, 0.3) is 0 Å². The highest BCUT2D eigenvalue weighted by molar-refractivity contribution is 5.99. The molecule has 0 aromatic heterocycles. The number of amides is 2. The van der Waals surface area contributed by atoms with E-state index in [4.69, 9.17) is 4.74 Å². The minimum atomic E-state index is -0.585. The second-order valence-corrected chi connectivity index (χ2v) is 5.18. The van der Waals surface area contributed by atoms with Crippen molar-refractivity contribution in [1.29, 1.82) is 0 Å². The van der Waals surface area contributed by atoms with E-state index >= 15 is 0 Å². The Morgan fingerprint density at radius 2 is 2.04 bits per heavy atom. The largest absolute Gasteiger partial charge is 0.496 e. The number of hydrogen-bond acceptors (Lipinski definition) is 5. The maximum atomic E-state index is 12.6. The first-order valence-corrected chi connectivity index (χ1v) is 7.21. The van der Waals surface area contributed by atoms with Crippen LogP contribution in [0.4, 0.5) is 5.69 Å². The summed E-state index contributed by atoms with van der Waals surface area (Å²) >= 11 is 0. The smallest absolute Gasteiger partial charge is 0.270 e. The van der Waals surface area contributed by atoms with Crippen molar-refractivity contribution in [3.63, 3.8) is 0 Å². The van der Waals surface area contributed by atoms with Crippen LogP contribution in [0, 0.1) is 10.1 Å². The van der Waals surface area contributed by atoms with E-state index in [0.717, 1.165) is 6.07 Å². The molecule has 0 aliphatic heterocycles. The molecule has 1 aromatic carbocycles. The molecule has 126 valence electrons. The summed E-state index contributed by atoms with van der Waals surface area (Å²) in [6, 6.07) is 3.75. The lowest BCUT2D eigenvalue weighted by Crippen LogP contribution is -2.42. The standard InChI is InChI=1S/C15H21N3O5/c1-5-17(9-14(19)16-10(2)3)15(20)12-8-11(18(21)22)6-7-13(12)23-4/h6-8,10H,5,9H2,1-4H3,(H,16,19). The monoisotopic (exact) mass is 323 g/mol. The van der Waals surface area contributed by atoms with E-state index < -0.39 is 10.8 Å². The Hall–Kier alpha value is -2.64. The average molecular weight is 323 g/mol. The first-order chi connectivity index (χ1) is 10.8. The lowest BCUT2D eigenvalue weighted by Gasteiger charge is -2.22. The molecule has 0 atom stereocenters.